The number of aromatic nitrogens is 2. The van der Waals surface area contributed by atoms with Gasteiger partial charge in [-0.05, 0) is 12.8 Å². The molecule has 2 N–H and O–H groups in total. The molecular formula is C13H22N4O. The second-order valence-electron chi connectivity index (χ2n) is 5.40. The van der Waals surface area contributed by atoms with Gasteiger partial charge in [0, 0.05) is 57.2 Å². The Hall–Kier alpha value is -1.20. The van der Waals surface area contributed by atoms with Crippen LogP contribution in [0.2, 0.25) is 0 Å². The highest BCUT2D eigenvalue weighted by Crippen LogP contribution is 2.39. The van der Waals surface area contributed by atoms with Crippen molar-refractivity contribution >= 4 is 5.95 Å². The van der Waals surface area contributed by atoms with Crippen molar-refractivity contribution in [3.05, 3.63) is 18.0 Å². The number of hydrogen-bond donors (Lipinski definition) is 2. The standard InChI is InChI=1S/C13H22N4O/c1-17(2)12-15-7-11(8-16-12)6-14-9-13(10-18)4-3-5-13/h7-8,14,18H,3-6,9-10H2,1-2H3. The first-order valence-electron chi connectivity index (χ1n) is 6.45. The number of aliphatic hydroxyl groups is 1. The lowest BCUT2D eigenvalue weighted by Gasteiger charge is -2.40. The number of rotatable bonds is 6. The predicted molar refractivity (Wildman–Crippen MR) is 71.4 cm³/mol. The second kappa shape index (κ2) is 5.63. The van der Waals surface area contributed by atoms with Crippen molar-refractivity contribution in [3.63, 3.8) is 0 Å². The number of aliphatic hydroxyl groups excluding tert-OH is 1. The third-order valence-electron chi connectivity index (χ3n) is 3.67. The van der Waals surface area contributed by atoms with Crippen molar-refractivity contribution in [3.8, 4) is 0 Å². The molecule has 0 saturated heterocycles. The van der Waals surface area contributed by atoms with Crippen molar-refractivity contribution in [2.45, 2.75) is 25.8 Å². The predicted octanol–water partition coefficient (Wildman–Crippen LogP) is 0.795. The SMILES string of the molecule is CN(C)c1ncc(CNCC2(CO)CCC2)cn1. The molecule has 1 heterocycles. The molecule has 5 heteroatoms. The molecule has 1 fully saturated rings. The van der Waals surface area contributed by atoms with Gasteiger partial charge in [-0.1, -0.05) is 6.42 Å². The highest BCUT2D eigenvalue weighted by Gasteiger charge is 2.35. The second-order valence-corrected chi connectivity index (χ2v) is 5.40. The van der Waals surface area contributed by atoms with Crippen molar-refractivity contribution in [1.82, 2.24) is 15.3 Å². The van der Waals surface area contributed by atoms with Crippen molar-refractivity contribution < 1.29 is 5.11 Å². The van der Waals surface area contributed by atoms with E-state index in [1.165, 1.54) is 6.42 Å². The smallest absolute Gasteiger partial charge is 0.224 e. The van der Waals surface area contributed by atoms with Gasteiger partial charge in [0.05, 0.1) is 0 Å². The zero-order valence-electron chi connectivity index (χ0n) is 11.2. The Kier molecular flexibility index (Phi) is 4.14. The molecule has 1 saturated carbocycles. The Bertz CT molecular complexity index is 368. The van der Waals surface area contributed by atoms with Gasteiger partial charge in [0.1, 0.15) is 0 Å². The fraction of sp³-hybridized carbons (Fsp3) is 0.692. The maximum atomic E-state index is 9.36. The summed E-state index contributed by atoms with van der Waals surface area (Å²) < 4.78 is 0. The summed E-state index contributed by atoms with van der Waals surface area (Å²) in [5.74, 6) is 0.726. The highest BCUT2D eigenvalue weighted by atomic mass is 16.3. The van der Waals surface area contributed by atoms with E-state index in [9.17, 15) is 5.11 Å². The number of hydrogen-bond acceptors (Lipinski definition) is 5. The van der Waals surface area contributed by atoms with Gasteiger partial charge in [-0.25, -0.2) is 9.97 Å². The van der Waals surface area contributed by atoms with Crippen LogP contribution in [0.3, 0.4) is 0 Å². The number of nitrogens with one attached hydrogen (secondary N) is 1. The van der Waals surface area contributed by atoms with E-state index in [2.05, 4.69) is 15.3 Å². The molecule has 1 aromatic heterocycles. The molecule has 2 rings (SSSR count). The normalized spacial score (nSPS) is 17.3. The molecule has 0 aliphatic heterocycles. The third-order valence-corrected chi connectivity index (χ3v) is 3.67. The minimum atomic E-state index is 0.129. The zero-order chi connectivity index (χ0) is 13.0. The minimum Gasteiger partial charge on any atom is -0.396 e. The lowest BCUT2D eigenvalue weighted by Crippen LogP contribution is -2.42. The van der Waals surface area contributed by atoms with Crippen molar-refractivity contribution in [2.75, 3.05) is 32.1 Å². The van der Waals surface area contributed by atoms with Crippen LogP contribution in [0.5, 0.6) is 0 Å². The van der Waals surface area contributed by atoms with Gasteiger partial charge in [-0.15, -0.1) is 0 Å². The summed E-state index contributed by atoms with van der Waals surface area (Å²) in [4.78, 5) is 10.4. The summed E-state index contributed by atoms with van der Waals surface area (Å²) >= 11 is 0. The van der Waals surface area contributed by atoms with Gasteiger partial charge in [0.2, 0.25) is 5.95 Å². The molecular weight excluding hydrogens is 228 g/mol. The van der Waals surface area contributed by atoms with Crippen LogP contribution in [-0.2, 0) is 6.54 Å². The fourth-order valence-electron chi connectivity index (χ4n) is 2.21. The van der Waals surface area contributed by atoms with Crippen LogP contribution in [0.1, 0.15) is 24.8 Å². The first kappa shape index (κ1) is 13.2. The third kappa shape index (κ3) is 2.97. The van der Waals surface area contributed by atoms with Gasteiger partial charge in [0.25, 0.3) is 0 Å². The van der Waals surface area contributed by atoms with Crippen LogP contribution in [0, 0.1) is 5.41 Å². The fourth-order valence-corrected chi connectivity index (χ4v) is 2.21. The molecule has 18 heavy (non-hydrogen) atoms. The monoisotopic (exact) mass is 250 g/mol. The molecule has 0 bridgehead atoms. The Labute approximate surface area is 108 Å². The van der Waals surface area contributed by atoms with E-state index in [1.807, 2.05) is 31.4 Å². The Morgan fingerprint density at radius 1 is 1.33 bits per heavy atom. The highest BCUT2D eigenvalue weighted by molar-refractivity contribution is 5.26. The minimum absolute atomic E-state index is 0.129. The van der Waals surface area contributed by atoms with Crippen LogP contribution >= 0.6 is 0 Å². The van der Waals surface area contributed by atoms with E-state index >= 15 is 0 Å². The molecule has 0 unspecified atom stereocenters. The summed E-state index contributed by atoms with van der Waals surface area (Å²) in [6.07, 6.45) is 7.20. The Morgan fingerprint density at radius 2 is 2.00 bits per heavy atom. The molecule has 5 nitrogen and oxygen atoms in total. The molecule has 100 valence electrons. The maximum Gasteiger partial charge on any atom is 0.224 e. The molecule has 0 atom stereocenters. The zero-order valence-corrected chi connectivity index (χ0v) is 11.2. The van der Waals surface area contributed by atoms with Crippen LogP contribution < -0.4 is 10.2 Å². The summed E-state index contributed by atoms with van der Waals surface area (Å²) in [5.41, 5.74) is 1.21. The largest absolute Gasteiger partial charge is 0.396 e. The van der Waals surface area contributed by atoms with E-state index in [0.29, 0.717) is 0 Å². The molecule has 1 aliphatic carbocycles. The van der Waals surface area contributed by atoms with Crippen molar-refractivity contribution in [2.24, 2.45) is 5.41 Å². The van der Waals surface area contributed by atoms with E-state index in [4.69, 9.17) is 0 Å². The summed E-state index contributed by atoms with van der Waals surface area (Å²) in [6, 6.07) is 0. The van der Waals surface area contributed by atoms with Gasteiger partial charge in [-0.3, -0.25) is 0 Å². The summed E-state index contributed by atoms with van der Waals surface area (Å²) in [6.45, 7) is 1.92. The lowest BCUT2D eigenvalue weighted by atomic mass is 9.69. The lowest BCUT2D eigenvalue weighted by molar-refractivity contribution is 0.0445. The number of nitrogens with zero attached hydrogens (tertiary/aromatic N) is 3. The Morgan fingerprint density at radius 3 is 2.44 bits per heavy atom. The Balaban J connectivity index is 1.79. The van der Waals surface area contributed by atoms with Crippen LogP contribution in [0.15, 0.2) is 12.4 Å². The van der Waals surface area contributed by atoms with Gasteiger partial charge >= 0.3 is 0 Å². The van der Waals surface area contributed by atoms with E-state index in [-0.39, 0.29) is 12.0 Å². The van der Waals surface area contributed by atoms with Crippen LogP contribution in [0.4, 0.5) is 5.95 Å². The molecule has 1 aliphatic rings. The molecule has 0 aromatic carbocycles. The van der Waals surface area contributed by atoms with E-state index in [0.717, 1.165) is 37.4 Å². The van der Waals surface area contributed by atoms with Crippen molar-refractivity contribution in [1.29, 1.82) is 0 Å². The van der Waals surface area contributed by atoms with Gasteiger partial charge < -0.3 is 15.3 Å². The topological polar surface area (TPSA) is 61.3 Å². The average molecular weight is 250 g/mol. The first-order chi connectivity index (χ1) is 8.65. The molecule has 0 spiro atoms. The van der Waals surface area contributed by atoms with E-state index in [1.54, 1.807) is 0 Å². The van der Waals surface area contributed by atoms with Crippen LogP contribution in [-0.4, -0.2) is 42.3 Å². The molecule has 0 amide bonds. The first-order valence-corrected chi connectivity index (χ1v) is 6.45. The quantitative estimate of drug-likeness (QED) is 0.782. The molecule has 0 radical (unpaired) electrons. The number of anilines is 1. The summed E-state index contributed by atoms with van der Waals surface area (Å²) in [7, 11) is 3.85. The van der Waals surface area contributed by atoms with Gasteiger partial charge in [-0.2, -0.15) is 0 Å². The van der Waals surface area contributed by atoms with Gasteiger partial charge in [0.15, 0.2) is 0 Å². The average Bonchev–Trinajstić information content (AvgIpc) is 2.33. The molecule has 1 aromatic rings. The summed E-state index contributed by atoms with van der Waals surface area (Å²) in [5, 5.41) is 12.8. The maximum absolute atomic E-state index is 9.36. The van der Waals surface area contributed by atoms with Crippen LogP contribution in [0.25, 0.3) is 0 Å². The van der Waals surface area contributed by atoms with E-state index < -0.39 is 0 Å².